The van der Waals surface area contributed by atoms with Crippen LogP contribution in [0.2, 0.25) is 0 Å². The number of piperazine rings is 1. The summed E-state index contributed by atoms with van der Waals surface area (Å²) in [6.45, 7) is 3.24. The third-order valence-corrected chi connectivity index (χ3v) is 6.99. The highest BCUT2D eigenvalue weighted by atomic mass is 19.1. The molecular weight excluding hydrogens is 459 g/mol. The molecule has 3 atom stereocenters. The van der Waals surface area contributed by atoms with Crippen molar-refractivity contribution < 1.29 is 14.0 Å². The Balaban J connectivity index is 1.24. The van der Waals surface area contributed by atoms with Crippen LogP contribution in [0.3, 0.4) is 0 Å². The Labute approximate surface area is 210 Å². The summed E-state index contributed by atoms with van der Waals surface area (Å²) in [7, 11) is 2.04. The third kappa shape index (κ3) is 5.63. The number of carbonyl (C=O) groups excluding carboxylic acids is 2. The van der Waals surface area contributed by atoms with Crippen molar-refractivity contribution in [2.75, 3.05) is 39.8 Å². The molecule has 2 heterocycles. The second-order valence-corrected chi connectivity index (χ2v) is 9.56. The molecule has 188 valence electrons. The SMILES string of the molecule is CN1CCN(C(=O)[C@H](CN[C@@H]2C[C@H]2c2ccc(F)cc2)NC(=O)c2ccc(-n3cccn3)cc2)CC1. The van der Waals surface area contributed by atoms with Gasteiger partial charge in [0.2, 0.25) is 5.91 Å². The molecule has 1 aliphatic heterocycles. The van der Waals surface area contributed by atoms with Crippen molar-refractivity contribution in [3.63, 3.8) is 0 Å². The largest absolute Gasteiger partial charge is 0.339 e. The van der Waals surface area contributed by atoms with Crippen molar-refractivity contribution in [2.45, 2.75) is 24.4 Å². The summed E-state index contributed by atoms with van der Waals surface area (Å²) in [5.41, 5.74) is 2.42. The molecule has 0 spiro atoms. The van der Waals surface area contributed by atoms with Gasteiger partial charge in [-0.25, -0.2) is 9.07 Å². The maximum Gasteiger partial charge on any atom is 0.251 e. The van der Waals surface area contributed by atoms with Crippen LogP contribution >= 0.6 is 0 Å². The average molecular weight is 491 g/mol. The molecule has 1 aromatic heterocycles. The number of benzene rings is 2. The van der Waals surface area contributed by atoms with Gasteiger partial charge in [-0.1, -0.05) is 12.1 Å². The van der Waals surface area contributed by atoms with Gasteiger partial charge < -0.3 is 20.4 Å². The Kier molecular flexibility index (Phi) is 7.11. The first-order valence-electron chi connectivity index (χ1n) is 12.3. The van der Waals surface area contributed by atoms with Gasteiger partial charge in [0.15, 0.2) is 0 Å². The highest BCUT2D eigenvalue weighted by molar-refractivity contribution is 5.97. The number of aromatic nitrogens is 2. The second kappa shape index (κ2) is 10.6. The highest BCUT2D eigenvalue weighted by Crippen LogP contribution is 2.40. The minimum Gasteiger partial charge on any atom is -0.339 e. The molecule has 1 saturated heterocycles. The Bertz CT molecular complexity index is 1170. The first-order valence-corrected chi connectivity index (χ1v) is 12.3. The molecular formula is C27H31FN6O2. The zero-order valence-corrected chi connectivity index (χ0v) is 20.3. The molecule has 2 aromatic carbocycles. The van der Waals surface area contributed by atoms with Gasteiger partial charge in [0.05, 0.1) is 5.69 Å². The lowest BCUT2D eigenvalue weighted by Crippen LogP contribution is -2.57. The summed E-state index contributed by atoms with van der Waals surface area (Å²) < 4.78 is 15.0. The molecule has 0 radical (unpaired) electrons. The van der Waals surface area contributed by atoms with Crippen molar-refractivity contribution in [3.8, 4) is 5.69 Å². The van der Waals surface area contributed by atoms with E-state index in [2.05, 4.69) is 20.6 Å². The molecule has 2 fully saturated rings. The molecule has 0 bridgehead atoms. The Hall–Kier alpha value is -3.56. The number of rotatable bonds is 8. The van der Waals surface area contributed by atoms with Crippen LogP contribution in [0.15, 0.2) is 67.0 Å². The topological polar surface area (TPSA) is 82.5 Å². The van der Waals surface area contributed by atoms with Crippen LogP contribution in [0, 0.1) is 5.82 Å². The van der Waals surface area contributed by atoms with E-state index in [9.17, 15) is 14.0 Å². The zero-order valence-electron chi connectivity index (χ0n) is 20.3. The minimum atomic E-state index is -0.679. The molecule has 2 amide bonds. The maximum atomic E-state index is 13.4. The molecule has 5 rings (SSSR count). The predicted octanol–water partition coefficient (Wildman–Crippen LogP) is 2.03. The normalized spacial score (nSPS) is 20.7. The van der Waals surface area contributed by atoms with Gasteiger partial charge in [0.25, 0.3) is 5.91 Å². The van der Waals surface area contributed by atoms with Gasteiger partial charge in [-0.05, 0) is 61.5 Å². The Morgan fingerprint density at radius 1 is 1.06 bits per heavy atom. The standard InChI is InChI=1S/C27H31FN6O2/c1-32-13-15-33(16-14-32)27(36)25(18-29-24-17-23(24)19-3-7-21(28)8-4-19)31-26(35)20-5-9-22(10-6-20)34-12-2-11-30-34/h2-12,23-25,29H,13-18H2,1H3,(H,31,35)/t23-,24+,25-/m0/s1. The van der Waals surface area contributed by atoms with Crippen LogP contribution in [0.25, 0.3) is 5.69 Å². The number of carbonyl (C=O) groups is 2. The van der Waals surface area contributed by atoms with Crippen LogP contribution in [-0.2, 0) is 4.79 Å². The number of nitrogens with one attached hydrogen (secondary N) is 2. The number of likely N-dealkylation sites (N-methyl/N-ethyl adjacent to an activating group) is 1. The summed E-state index contributed by atoms with van der Waals surface area (Å²) in [4.78, 5) is 30.5. The lowest BCUT2D eigenvalue weighted by molar-refractivity contribution is -0.134. The van der Waals surface area contributed by atoms with Crippen molar-refractivity contribution in [1.29, 1.82) is 0 Å². The van der Waals surface area contributed by atoms with E-state index in [-0.39, 0.29) is 29.6 Å². The summed E-state index contributed by atoms with van der Waals surface area (Å²) >= 11 is 0. The van der Waals surface area contributed by atoms with Gasteiger partial charge >= 0.3 is 0 Å². The zero-order chi connectivity index (χ0) is 25.1. The fraction of sp³-hybridized carbons (Fsp3) is 0.370. The lowest BCUT2D eigenvalue weighted by Gasteiger charge is -2.35. The van der Waals surface area contributed by atoms with Gasteiger partial charge in [-0.2, -0.15) is 5.10 Å². The van der Waals surface area contributed by atoms with Crippen molar-refractivity contribution in [3.05, 3.63) is 83.9 Å². The van der Waals surface area contributed by atoms with Crippen LogP contribution in [-0.4, -0.2) is 83.2 Å². The predicted molar refractivity (Wildman–Crippen MR) is 134 cm³/mol. The summed E-state index contributed by atoms with van der Waals surface area (Å²) in [6.07, 6.45) is 4.45. The molecule has 3 aromatic rings. The molecule has 1 saturated carbocycles. The average Bonchev–Trinajstić information content (AvgIpc) is 3.46. The van der Waals surface area contributed by atoms with Crippen LogP contribution in [0.4, 0.5) is 4.39 Å². The van der Waals surface area contributed by atoms with Gasteiger partial charge in [-0.15, -0.1) is 0 Å². The molecule has 9 heteroatoms. The fourth-order valence-electron chi connectivity index (χ4n) is 4.64. The van der Waals surface area contributed by atoms with Crippen LogP contribution in [0.5, 0.6) is 0 Å². The Morgan fingerprint density at radius 3 is 2.44 bits per heavy atom. The molecule has 0 unspecified atom stereocenters. The monoisotopic (exact) mass is 490 g/mol. The molecule has 1 aliphatic carbocycles. The van der Waals surface area contributed by atoms with E-state index in [0.717, 1.165) is 30.8 Å². The highest BCUT2D eigenvalue weighted by Gasteiger charge is 2.39. The van der Waals surface area contributed by atoms with E-state index in [0.29, 0.717) is 25.2 Å². The van der Waals surface area contributed by atoms with Gasteiger partial charge in [-0.3, -0.25) is 9.59 Å². The fourth-order valence-corrected chi connectivity index (χ4v) is 4.64. The van der Waals surface area contributed by atoms with E-state index >= 15 is 0 Å². The summed E-state index contributed by atoms with van der Waals surface area (Å²) in [5.74, 6) is -0.323. The number of amides is 2. The van der Waals surface area contributed by atoms with E-state index in [1.165, 1.54) is 12.1 Å². The van der Waals surface area contributed by atoms with E-state index in [1.54, 1.807) is 23.0 Å². The quantitative estimate of drug-likeness (QED) is 0.505. The van der Waals surface area contributed by atoms with Crippen LogP contribution in [0.1, 0.15) is 28.3 Å². The van der Waals surface area contributed by atoms with Crippen molar-refractivity contribution in [1.82, 2.24) is 30.2 Å². The van der Waals surface area contributed by atoms with Gasteiger partial charge in [0.1, 0.15) is 11.9 Å². The molecule has 8 nitrogen and oxygen atoms in total. The Morgan fingerprint density at radius 2 is 1.78 bits per heavy atom. The lowest BCUT2D eigenvalue weighted by atomic mass is 10.1. The minimum absolute atomic E-state index is 0.0731. The van der Waals surface area contributed by atoms with E-state index in [4.69, 9.17) is 0 Å². The number of halogens is 1. The first kappa shape index (κ1) is 24.1. The number of hydrogen-bond acceptors (Lipinski definition) is 5. The summed E-state index contributed by atoms with van der Waals surface area (Å²) in [6, 6.07) is 15.1. The van der Waals surface area contributed by atoms with E-state index < -0.39 is 6.04 Å². The maximum absolute atomic E-state index is 13.4. The number of hydrogen-bond donors (Lipinski definition) is 2. The summed E-state index contributed by atoms with van der Waals surface area (Å²) in [5, 5.41) is 10.6. The van der Waals surface area contributed by atoms with Crippen molar-refractivity contribution in [2.24, 2.45) is 0 Å². The second-order valence-electron chi connectivity index (χ2n) is 9.56. The van der Waals surface area contributed by atoms with E-state index in [1.807, 2.05) is 48.5 Å². The first-order chi connectivity index (χ1) is 17.5. The molecule has 2 aliphatic rings. The smallest absolute Gasteiger partial charge is 0.251 e. The van der Waals surface area contributed by atoms with Crippen LogP contribution < -0.4 is 10.6 Å². The van der Waals surface area contributed by atoms with Crippen molar-refractivity contribution >= 4 is 11.8 Å². The molecule has 2 N–H and O–H groups in total. The van der Waals surface area contributed by atoms with Gasteiger partial charge in [0, 0.05) is 62.6 Å². The third-order valence-electron chi connectivity index (χ3n) is 6.99. The number of nitrogens with zero attached hydrogens (tertiary/aromatic N) is 4. The molecule has 36 heavy (non-hydrogen) atoms.